The van der Waals surface area contributed by atoms with Crippen LogP contribution in [0.15, 0.2) is 0 Å². The summed E-state index contributed by atoms with van der Waals surface area (Å²) in [6.07, 6.45) is 5.36. The van der Waals surface area contributed by atoms with Crippen molar-refractivity contribution in [1.82, 2.24) is 0 Å². The second-order valence-corrected chi connectivity index (χ2v) is 6.54. The lowest BCUT2D eigenvalue weighted by molar-refractivity contribution is -0.209. The Bertz CT molecular complexity index is 377. The van der Waals surface area contributed by atoms with E-state index < -0.39 is 11.4 Å². The molecule has 0 spiro atoms. The standard InChI is InChI=1S/C14H20O5/c15-9-18-1-2-19-14-6-10-3-11(7-14)5-13(4-10,8-14)12(16)17/h9-11H,1-8H2,(H,16,17). The van der Waals surface area contributed by atoms with Gasteiger partial charge in [-0.3, -0.25) is 9.59 Å². The second-order valence-electron chi connectivity index (χ2n) is 6.54. The molecule has 0 heterocycles. The van der Waals surface area contributed by atoms with Crippen LogP contribution in [0.5, 0.6) is 0 Å². The van der Waals surface area contributed by atoms with Gasteiger partial charge < -0.3 is 14.6 Å². The van der Waals surface area contributed by atoms with E-state index >= 15 is 0 Å². The van der Waals surface area contributed by atoms with Gasteiger partial charge in [0.1, 0.15) is 6.61 Å². The van der Waals surface area contributed by atoms with Gasteiger partial charge in [0.2, 0.25) is 0 Å². The summed E-state index contributed by atoms with van der Waals surface area (Å²) in [7, 11) is 0. The molecule has 19 heavy (non-hydrogen) atoms. The van der Waals surface area contributed by atoms with Crippen LogP contribution < -0.4 is 0 Å². The minimum absolute atomic E-state index is 0.251. The van der Waals surface area contributed by atoms with E-state index in [-0.39, 0.29) is 12.2 Å². The highest BCUT2D eigenvalue weighted by Crippen LogP contribution is 2.62. The maximum Gasteiger partial charge on any atom is 0.309 e. The van der Waals surface area contributed by atoms with Gasteiger partial charge in [-0.2, -0.15) is 0 Å². The van der Waals surface area contributed by atoms with Crippen molar-refractivity contribution in [1.29, 1.82) is 0 Å². The third-order valence-corrected chi connectivity index (χ3v) is 5.14. The highest BCUT2D eigenvalue weighted by molar-refractivity contribution is 5.75. The van der Waals surface area contributed by atoms with Gasteiger partial charge in [-0.05, 0) is 50.4 Å². The molecule has 4 saturated carbocycles. The van der Waals surface area contributed by atoms with Crippen molar-refractivity contribution in [3.05, 3.63) is 0 Å². The van der Waals surface area contributed by atoms with E-state index in [9.17, 15) is 14.7 Å². The summed E-state index contributed by atoms with van der Waals surface area (Å²) in [4.78, 5) is 21.8. The number of hydrogen-bond acceptors (Lipinski definition) is 4. The largest absolute Gasteiger partial charge is 0.481 e. The molecule has 4 bridgehead atoms. The summed E-state index contributed by atoms with van der Waals surface area (Å²) in [6.45, 7) is 1.04. The van der Waals surface area contributed by atoms with Crippen LogP contribution in [0.1, 0.15) is 38.5 Å². The number of rotatable bonds is 6. The van der Waals surface area contributed by atoms with Crippen LogP contribution >= 0.6 is 0 Å². The number of ether oxygens (including phenoxy) is 2. The average molecular weight is 268 g/mol. The van der Waals surface area contributed by atoms with Crippen LogP contribution in [0.3, 0.4) is 0 Å². The molecule has 2 atom stereocenters. The predicted molar refractivity (Wildman–Crippen MR) is 65.4 cm³/mol. The lowest BCUT2D eigenvalue weighted by Gasteiger charge is -2.60. The molecular weight excluding hydrogens is 248 g/mol. The van der Waals surface area contributed by atoms with Crippen molar-refractivity contribution < 1.29 is 24.2 Å². The minimum Gasteiger partial charge on any atom is -0.481 e. The van der Waals surface area contributed by atoms with Crippen LogP contribution in [0.4, 0.5) is 0 Å². The Hall–Kier alpha value is -1.10. The monoisotopic (exact) mass is 268 g/mol. The van der Waals surface area contributed by atoms with Crippen LogP contribution in [-0.2, 0) is 19.1 Å². The van der Waals surface area contributed by atoms with Crippen molar-refractivity contribution in [3.63, 3.8) is 0 Å². The van der Waals surface area contributed by atoms with Crippen molar-refractivity contribution in [2.45, 2.75) is 44.1 Å². The van der Waals surface area contributed by atoms with E-state index in [4.69, 9.17) is 4.74 Å². The molecule has 4 aliphatic carbocycles. The summed E-state index contributed by atoms with van der Waals surface area (Å²) in [5, 5.41) is 9.58. The summed E-state index contributed by atoms with van der Waals surface area (Å²) in [5.74, 6) is 0.326. The van der Waals surface area contributed by atoms with Crippen molar-refractivity contribution in [2.24, 2.45) is 17.3 Å². The van der Waals surface area contributed by atoms with Gasteiger partial charge in [0.25, 0.3) is 6.47 Å². The first-order valence-corrected chi connectivity index (χ1v) is 7.00. The molecule has 0 aliphatic heterocycles. The average Bonchev–Trinajstić information content (AvgIpc) is 2.33. The molecule has 0 aromatic rings. The predicted octanol–water partition coefficient (Wildman–Crippen LogP) is 1.60. The first kappa shape index (κ1) is 12.9. The number of carbonyl (C=O) groups is 2. The molecule has 4 aliphatic rings. The van der Waals surface area contributed by atoms with Crippen LogP contribution in [0.2, 0.25) is 0 Å². The molecule has 0 radical (unpaired) electrons. The summed E-state index contributed by atoms with van der Waals surface area (Å²) in [6, 6.07) is 0. The molecule has 1 N–H and O–H groups in total. The molecule has 0 amide bonds. The van der Waals surface area contributed by atoms with Crippen molar-refractivity contribution in [2.75, 3.05) is 13.2 Å². The fourth-order valence-electron chi connectivity index (χ4n) is 4.95. The molecule has 5 heteroatoms. The molecule has 106 valence electrons. The van der Waals surface area contributed by atoms with Gasteiger partial charge in [-0.15, -0.1) is 0 Å². The quantitative estimate of drug-likeness (QED) is 0.585. The summed E-state index contributed by atoms with van der Waals surface area (Å²) < 4.78 is 10.6. The summed E-state index contributed by atoms with van der Waals surface area (Å²) >= 11 is 0. The number of hydrogen-bond donors (Lipinski definition) is 1. The first-order valence-electron chi connectivity index (χ1n) is 7.00. The van der Waals surface area contributed by atoms with E-state index in [1.165, 1.54) is 0 Å². The van der Waals surface area contributed by atoms with E-state index in [1.54, 1.807) is 0 Å². The van der Waals surface area contributed by atoms with Gasteiger partial charge in [-0.1, -0.05) is 0 Å². The van der Waals surface area contributed by atoms with Gasteiger partial charge >= 0.3 is 5.97 Å². The van der Waals surface area contributed by atoms with Gasteiger partial charge in [0.15, 0.2) is 0 Å². The zero-order valence-electron chi connectivity index (χ0n) is 11.0. The summed E-state index contributed by atoms with van der Waals surface area (Å²) in [5.41, 5.74) is -0.843. The Morgan fingerprint density at radius 3 is 2.47 bits per heavy atom. The van der Waals surface area contributed by atoms with E-state index in [0.29, 0.717) is 31.3 Å². The molecule has 0 saturated heterocycles. The third kappa shape index (κ3) is 2.14. The molecule has 5 nitrogen and oxygen atoms in total. The van der Waals surface area contributed by atoms with E-state index in [1.807, 2.05) is 0 Å². The first-order chi connectivity index (χ1) is 9.07. The molecular formula is C14H20O5. The van der Waals surface area contributed by atoms with Crippen LogP contribution in [-0.4, -0.2) is 36.4 Å². The van der Waals surface area contributed by atoms with Gasteiger partial charge in [0, 0.05) is 0 Å². The minimum atomic E-state index is -0.654. The molecule has 0 aromatic heterocycles. The molecule has 4 fully saturated rings. The maximum absolute atomic E-state index is 11.6. The zero-order chi connectivity index (χ0) is 13.5. The fraction of sp³-hybridized carbons (Fsp3) is 0.857. The Kier molecular flexibility index (Phi) is 3.04. The maximum atomic E-state index is 11.6. The molecule has 2 unspecified atom stereocenters. The highest BCUT2D eigenvalue weighted by atomic mass is 16.6. The SMILES string of the molecule is O=COCCOC12CC3CC(C1)CC(C(=O)O)(C3)C2. The number of carboxylic acids is 1. The second kappa shape index (κ2) is 4.47. The Balaban J connectivity index is 1.72. The Labute approximate surface area is 112 Å². The lowest BCUT2D eigenvalue weighted by Crippen LogP contribution is -2.59. The third-order valence-electron chi connectivity index (χ3n) is 5.14. The van der Waals surface area contributed by atoms with Gasteiger partial charge in [-0.25, -0.2) is 0 Å². The lowest BCUT2D eigenvalue weighted by atomic mass is 9.48. The van der Waals surface area contributed by atoms with E-state index in [0.717, 1.165) is 32.1 Å². The fourth-order valence-corrected chi connectivity index (χ4v) is 4.95. The number of carbonyl (C=O) groups excluding carboxylic acids is 1. The normalized spacial score (nSPS) is 43.2. The number of carboxylic acid groups (broad SMARTS) is 1. The van der Waals surface area contributed by atoms with E-state index in [2.05, 4.69) is 4.74 Å². The molecule has 4 rings (SSSR count). The highest BCUT2D eigenvalue weighted by Gasteiger charge is 2.61. The van der Waals surface area contributed by atoms with Crippen molar-refractivity contribution in [3.8, 4) is 0 Å². The zero-order valence-corrected chi connectivity index (χ0v) is 11.0. The smallest absolute Gasteiger partial charge is 0.309 e. The van der Waals surface area contributed by atoms with Crippen LogP contribution in [0, 0.1) is 17.3 Å². The Morgan fingerprint density at radius 1 is 1.21 bits per heavy atom. The van der Waals surface area contributed by atoms with Gasteiger partial charge in [0.05, 0.1) is 17.6 Å². The molecule has 0 aromatic carbocycles. The van der Waals surface area contributed by atoms with Crippen LogP contribution in [0.25, 0.3) is 0 Å². The van der Waals surface area contributed by atoms with Crippen molar-refractivity contribution >= 4 is 12.4 Å². The Morgan fingerprint density at radius 2 is 1.89 bits per heavy atom. The topological polar surface area (TPSA) is 72.8 Å². The number of aliphatic carboxylic acids is 1.